The minimum Gasteiger partial charge on any atom is -0.507 e. The first-order valence-corrected chi connectivity index (χ1v) is 13.0. The van der Waals surface area contributed by atoms with Gasteiger partial charge in [0.05, 0.1) is 11.4 Å². The molecule has 0 unspecified atom stereocenters. The van der Waals surface area contributed by atoms with E-state index in [-0.39, 0.29) is 28.9 Å². The van der Waals surface area contributed by atoms with Crippen molar-refractivity contribution in [1.82, 2.24) is 15.1 Å². The van der Waals surface area contributed by atoms with E-state index >= 15 is 0 Å². The van der Waals surface area contributed by atoms with Gasteiger partial charge in [-0.3, -0.25) is 4.79 Å². The molecule has 11 heteroatoms. The molecule has 5 rings (SSSR count). The number of aromatic hydroxyl groups is 1. The number of nitrogens with one attached hydrogen (secondary N) is 2. The number of phenols is 1. The third kappa shape index (κ3) is 6.68. The third-order valence-corrected chi connectivity index (χ3v) is 6.86. The Hall–Kier alpha value is -4.80. The van der Waals surface area contributed by atoms with Gasteiger partial charge in [0, 0.05) is 35.3 Å². The van der Waals surface area contributed by atoms with Gasteiger partial charge >= 0.3 is 12.4 Å². The molecule has 1 fully saturated rings. The highest BCUT2D eigenvalue weighted by atomic mass is 19.4. The largest absolute Gasteiger partial charge is 0.573 e. The van der Waals surface area contributed by atoms with Gasteiger partial charge in [0.15, 0.2) is 0 Å². The summed E-state index contributed by atoms with van der Waals surface area (Å²) in [5.74, 6) is -1.01. The fraction of sp³-hybridized carbons (Fsp3) is 0.233. The van der Waals surface area contributed by atoms with E-state index in [0.29, 0.717) is 17.8 Å². The van der Waals surface area contributed by atoms with Crippen LogP contribution in [0.5, 0.6) is 11.5 Å². The zero-order valence-corrected chi connectivity index (χ0v) is 22.0. The van der Waals surface area contributed by atoms with Crippen molar-refractivity contribution < 1.29 is 32.6 Å². The van der Waals surface area contributed by atoms with E-state index in [1.165, 1.54) is 22.9 Å². The highest BCUT2D eigenvalue weighted by molar-refractivity contribution is 6.04. The Morgan fingerprint density at radius 3 is 2.44 bits per heavy atom. The molecular formula is C30H27F3N4O4. The maximum atomic E-state index is 13.1. The van der Waals surface area contributed by atoms with Crippen LogP contribution in [-0.2, 0) is 6.54 Å². The van der Waals surface area contributed by atoms with E-state index in [1.54, 1.807) is 18.2 Å². The van der Waals surface area contributed by atoms with Crippen molar-refractivity contribution in [2.24, 2.45) is 0 Å². The molecule has 0 radical (unpaired) electrons. The van der Waals surface area contributed by atoms with E-state index in [2.05, 4.69) is 20.5 Å². The molecule has 8 nitrogen and oxygen atoms in total. The van der Waals surface area contributed by atoms with Gasteiger partial charge in [-0.2, -0.15) is 9.78 Å². The number of amides is 2. The van der Waals surface area contributed by atoms with E-state index in [9.17, 15) is 27.9 Å². The summed E-state index contributed by atoms with van der Waals surface area (Å²) < 4.78 is 42.3. The molecule has 1 aromatic heterocycles. The molecule has 1 heterocycles. The van der Waals surface area contributed by atoms with Gasteiger partial charge in [0.1, 0.15) is 11.5 Å². The monoisotopic (exact) mass is 564 g/mol. The van der Waals surface area contributed by atoms with Gasteiger partial charge in [0.25, 0.3) is 5.91 Å². The number of anilines is 1. The van der Waals surface area contributed by atoms with Gasteiger partial charge in [-0.15, -0.1) is 13.2 Å². The van der Waals surface area contributed by atoms with Crippen LogP contribution in [0.15, 0.2) is 72.8 Å². The Balaban J connectivity index is 1.31. The van der Waals surface area contributed by atoms with Crippen LogP contribution >= 0.6 is 0 Å². The third-order valence-electron chi connectivity index (χ3n) is 6.86. The number of ether oxygens (including phenoxy) is 1. The fourth-order valence-electron chi connectivity index (χ4n) is 4.60. The molecule has 0 saturated heterocycles. The number of benzene rings is 3. The minimum absolute atomic E-state index is 0.101. The van der Waals surface area contributed by atoms with E-state index in [1.807, 2.05) is 31.2 Å². The molecule has 3 aromatic carbocycles. The fourth-order valence-corrected chi connectivity index (χ4v) is 4.60. The van der Waals surface area contributed by atoms with E-state index in [4.69, 9.17) is 0 Å². The van der Waals surface area contributed by atoms with Crippen LogP contribution in [-0.4, -0.2) is 33.2 Å². The molecule has 0 aliphatic heterocycles. The normalized spacial score (nSPS) is 13.4. The molecule has 1 aliphatic carbocycles. The SMILES string of the molecule is Cc1cccc(CNC(=O)n2nc(-c3ccc(NC(=O)c4ccc(OC(F)(F)F)cc4)cc3O)cc2C2CCC2)c1. The summed E-state index contributed by atoms with van der Waals surface area (Å²) in [7, 11) is 0. The quantitative estimate of drug-likeness (QED) is 0.231. The van der Waals surface area contributed by atoms with Crippen molar-refractivity contribution in [2.75, 3.05) is 5.32 Å². The Kier molecular flexibility index (Phi) is 7.69. The summed E-state index contributed by atoms with van der Waals surface area (Å²) in [6.45, 7) is 2.33. The molecular weight excluding hydrogens is 537 g/mol. The van der Waals surface area contributed by atoms with Crippen molar-refractivity contribution in [3.63, 3.8) is 0 Å². The van der Waals surface area contributed by atoms with E-state index in [0.717, 1.165) is 48.2 Å². The molecule has 41 heavy (non-hydrogen) atoms. The van der Waals surface area contributed by atoms with Crippen molar-refractivity contribution in [3.05, 3.63) is 95.2 Å². The summed E-state index contributed by atoms with van der Waals surface area (Å²) in [5.41, 5.74) is 3.98. The van der Waals surface area contributed by atoms with Crippen LogP contribution in [0.2, 0.25) is 0 Å². The lowest BCUT2D eigenvalue weighted by Gasteiger charge is -2.25. The molecule has 0 atom stereocenters. The highest BCUT2D eigenvalue weighted by Gasteiger charge is 2.31. The summed E-state index contributed by atoms with van der Waals surface area (Å²) in [4.78, 5) is 25.7. The highest BCUT2D eigenvalue weighted by Crippen LogP contribution is 2.39. The molecule has 1 saturated carbocycles. The Bertz CT molecular complexity index is 1580. The van der Waals surface area contributed by atoms with Crippen LogP contribution in [0, 0.1) is 6.92 Å². The van der Waals surface area contributed by atoms with Crippen molar-refractivity contribution >= 4 is 17.6 Å². The smallest absolute Gasteiger partial charge is 0.507 e. The second-order valence-corrected chi connectivity index (χ2v) is 9.90. The van der Waals surface area contributed by atoms with Crippen LogP contribution in [0.25, 0.3) is 11.3 Å². The number of carbonyl (C=O) groups excluding carboxylic acids is 2. The number of halogens is 3. The van der Waals surface area contributed by atoms with Gasteiger partial charge < -0.3 is 20.5 Å². The van der Waals surface area contributed by atoms with E-state index < -0.39 is 18.0 Å². The predicted molar refractivity (Wildman–Crippen MR) is 146 cm³/mol. The average Bonchev–Trinajstić information content (AvgIpc) is 3.30. The maximum absolute atomic E-state index is 13.1. The van der Waals surface area contributed by atoms with Gasteiger partial charge in [0.2, 0.25) is 0 Å². The predicted octanol–water partition coefficient (Wildman–Crippen LogP) is 6.74. The molecule has 1 aliphatic rings. The molecule has 0 spiro atoms. The molecule has 212 valence electrons. The molecule has 0 bridgehead atoms. The number of nitrogens with zero attached hydrogens (tertiary/aromatic N) is 2. The lowest BCUT2D eigenvalue weighted by molar-refractivity contribution is -0.274. The van der Waals surface area contributed by atoms with Gasteiger partial charge in [-0.25, -0.2) is 4.79 Å². The van der Waals surface area contributed by atoms with Crippen molar-refractivity contribution in [3.8, 4) is 22.8 Å². The number of hydrogen-bond donors (Lipinski definition) is 3. The van der Waals surface area contributed by atoms with Crippen LogP contribution in [0.1, 0.15) is 52.4 Å². The van der Waals surface area contributed by atoms with Gasteiger partial charge in [-0.1, -0.05) is 36.2 Å². The Morgan fingerprint density at radius 1 is 1.05 bits per heavy atom. The summed E-state index contributed by atoms with van der Waals surface area (Å²) in [6.07, 6.45) is -1.89. The van der Waals surface area contributed by atoms with Crippen molar-refractivity contribution in [1.29, 1.82) is 0 Å². The number of rotatable bonds is 7. The Morgan fingerprint density at radius 2 is 1.80 bits per heavy atom. The maximum Gasteiger partial charge on any atom is 0.573 e. The zero-order chi connectivity index (χ0) is 29.1. The summed E-state index contributed by atoms with van der Waals surface area (Å²) in [6, 6.07) is 18.2. The number of carbonyl (C=O) groups is 2. The first-order chi connectivity index (χ1) is 19.6. The minimum atomic E-state index is -4.83. The topological polar surface area (TPSA) is 105 Å². The summed E-state index contributed by atoms with van der Waals surface area (Å²) in [5, 5.41) is 20.8. The number of alkyl halides is 3. The first kappa shape index (κ1) is 27.8. The van der Waals surface area contributed by atoms with Crippen LogP contribution < -0.4 is 15.4 Å². The summed E-state index contributed by atoms with van der Waals surface area (Å²) >= 11 is 0. The van der Waals surface area contributed by atoms with Crippen molar-refractivity contribution in [2.45, 2.75) is 45.0 Å². The number of aromatic nitrogens is 2. The number of hydrogen-bond acceptors (Lipinski definition) is 5. The lowest BCUT2D eigenvalue weighted by atomic mass is 9.82. The van der Waals surface area contributed by atoms with Crippen LogP contribution in [0.3, 0.4) is 0 Å². The average molecular weight is 565 g/mol. The second-order valence-electron chi connectivity index (χ2n) is 9.90. The standard InChI is InChI=1S/C30H27F3N4O4/c1-18-4-2-5-19(14-18)17-34-29(40)37-26(20-6-3-7-20)16-25(36-37)24-13-10-22(15-27(24)38)35-28(39)21-8-11-23(12-9-21)41-30(31,32)33/h2,4-5,8-16,20,38H,3,6-7,17H2,1H3,(H,34,40)(H,35,39). The molecule has 2 amide bonds. The second kappa shape index (κ2) is 11.4. The Labute approximate surface area is 233 Å². The van der Waals surface area contributed by atoms with Gasteiger partial charge in [-0.05, 0) is 67.8 Å². The molecule has 4 aromatic rings. The molecule has 3 N–H and O–H groups in total. The first-order valence-electron chi connectivity index (χ1n) is 13.0. The number of phenolic OH excluding ortho intramolecular Hbond substituents is 1. The zero-order valence-electron chi connectivity index (χ0n) is 22.0. The lowest BCUT2D eigenvalue weighted by Crippen LogP contribution is -2.31. The van der Waals surface area contributed by atoms with Crippen LogP contribution in [0.4, 0.5) is 23.7 Å². The number of aryl methyl sites for hydroxylation is 1.